The predicted octanol–water partition coefficient (Wildman–Crippen LogP) is 4.97. The molecule has 0 bridgehead atoms. The molecule has 3 aromatic rings. The van der Waals surface area contributed by atoms with E-state index in [1.54, 1.807) is 18.0 Å². The van der Waals surface area contributed by atoms with Crippen LogP contribution >= 0.6 is 0 Å². The van der Waals surface area contributed by atoms with E-state index in [9.17, 15) is 23.6 Å². The molecule has 0 spiro atoms. The average molecular weight is 735 g/mol. The van der Waals surface area contributed by atoms with Crippen LogP contribution in [0, 0.1) is 23.5 Å². The minimum Gasteiger partial charge on any atom is -0.381 e. The van der Waals surface area contributed by atoms with Crippen molar-refractivity contribution in [3.05, 3.63) is 89.9 Å². The van der Waals surface area contributed by atoms with Crippen molar-refractivity contribution in [2.24, 2.45) is 11.8 Å². The monoisotopic (exact) mass is 734 g/mol. The van der Waals surface area contributed by atoms with Gasteiger partial charge in [0.25, 0.3) is 11.8 Å². The molecule has 0 saturated carbocycles. The highest BCUT2D eigenvalue weighted by atomic mass is 19.1. The summed E-state index contributed by atoms with van der Waals surface area (Å²) in [5.41, 5.74) is 1.11. The van der Waals surface area contributed by atoms with Crippen LogP contribution in [0.5, 0.6) is 0 Å². The number of alkyl halides is 1. The minimum atomic E-state index is -1.19. The summed E-state index contributed by atoms with van der Waals surface area (Å²) >= 11 is 0. The predicted molar refractivity (Wildman–Crippen MR) is 190 cm³/mol. The number of nitrogens with zero attached hydrogens (tertiary/aromatic N) is 4. The van der Waals surface area contributed by atoms with Gasteiger partial charge in [0.05, 0.1) is 11.7 Å². The molecule has 53 heavy (non-hydrogen) atoms. The van der Waals surface area contributed by atoms with E-state index in [0.29, 0.717) is 51.4 Å². The van der Waals surface area contributed by atoms with E-state index in [1.165, 1.54) is 12.2 Å². The summed E-state index contributed by atoms with van der Waals surface area (Å²) in [6.45, 7) is 3.57. The lowest BCUT2D eigenvalue weighted by Gasteiger charge is -2.40. The Balaban J connectivity index is 1.30. The van der Waals surface area contributed by atoms with Crippen molar-refractivity contribution in [1.29, 1.82) is 0 Å². The minimum absolute atomic E-state index is 0.00264. The molecule has 4 heterocycles. The van der Waals surface area contributed by atoms with Gasteiger partial charge in [-0.2, -0.15) is 0 Å². The molecule has 14 heteroatoms. The first-order chi connectivity index (χ1) is 25.6. The highest BCUT2D eigenvalue weighted by Crippen LogP contribution is 2.38. The molecule has 2 N–H and O–H groups in total. The number of ether oxygens (including phenoxy) is 1. The number of rotatable bonds is 15. The molecule has 0 radical (unpaired) electrons. The topological polar surface area (TPSA) is 126 Å². The molecule has 6 rings (SSSR count). The van der Waals surface area contributed by atoms with Crippen LogP contribution in [0.4, 0.5) is 18.0 Å². The van der Waals surface area contributed by atoms with Crippen LogP contribution in [-0.4, -0.2) is 94.6 Å². The molecular formula is C39H45F3N6O5. The highest BCUT2D eigenvalue weighted by molar-refractivity contribution is 6.13. The number of benzene rings is 2. The second kappa shape index (κ2) is 17.3. The first-order valence-electron chi connectivity index (χ1n) is 18.2. The fourth-order valence-electron chi connectivity index (χ4n) is 7.24. The Morgan fingerprint density at radius 2 is 1.77 bits per heavy atom. The standard InChI is InChI=1S/C39H45F3N6O5/c1-25(7-9-30(49)13-16-47-35(50)11-12-36(47)51)44-39(52)48(23-28-20-43-21-33(28)42)37(27-14-17-53-18-15-27)38-45-34(31-19-29(40)8-10-32(31)41)24-46(38)22-26-5-3-2-4-6-26/h2-6,8,10-12,19,24-25,27-28,33,37,43H,7,9,13-18,20-23H2,1H3,(H,44,52)/t25-,28-,33-,37+/m0/s1. The second-order valence-corrected chi connectivity index (χ2v) is 14.0. The summed E-state index contributed by atoms with van der Waals surface area (Å²) in [7, 11) is 0. The van der Waals surface area contributed by atoms with Crippen molar-refractivity contribution in [2.45, 2.75) is 63.8 Å². The van der Waals surface area contributed by atoms with Gasteiger partial charge in [0.15, 0.2) is 0 Å². The van der Waals surface area contributed by atoms with E-state index in [1.807, 2.05) is 34.9 Å². The Morgan fingerprint density at radius 3 is 2.47 bits per heavy atom. The number of urea groups is 1. The maximum Gasteiger partial charge on any atom is 0.318 e. The van der Waals surface area contributed by atoms with Crippen molar-refractivity contribution in [3.8, 4) is 11.3 Å². The number of carbonyl (C=O) groups excluding carboxylic acids is 4. The Kier molecular flexibility index (Phi) is 12.4. The maximum atomic E-state index is 15.3. The lowest BCUT2D eigenvalue weighted by atomic mass is 9.89. The van der Waals surface area contributed by atoms with Crippen LogP contribution in [0.3, 0.4) is 0 Å². The van der Waals surface area contributed by atoms with Gasteiger partial charge < -0.3 is 24.8 Å². The molecule has 3 aliphatic heterocycles. The van der Waals surface area contributed by atoms with Crippen LogP contribution < -0.4 is 10.6 Å². The number of imidazole rings is 1. The second-order valence-electron chi connectivity index (χ2n) is 14.0. The Bertz CT molecular complexity index is 1800. The summed E-state index contributed by atoms with van der Waals surface area (Å²) < 4.78 is 52.5. The van der Waals surface area contributed by atoms with Crippen LogP contribution in [0.1, 0.15) is 56.5 Å². The van der Waals surface area contributed by atoms with E-state index in [4.69, 9.17) is 9.72 Å². The Hall–Kier alpha value is -4.82. The molecular weight excluding hydrogens is 689 g/mol. The first kappa shape index (κ1) is 37.9. The van der Waals surface area contributed by atoms with Gasteiger partial charge in [0.1, 0.15) is 29.4 Å². The fourth-order valence-corrected chi connectivity index (χ4v) is 7.24. The maximum absolute atomic E-state index is 15.3. The fraction of sp³-hybridized carbons (Fsp3) is 0.462. The molecule has 2 aromatic carbocycles. The molecule has 3 aliphatic rings. The Morgan fingerprint density at radius 1 is 1.04 bits per heavy atom. The molecule has 0 aliphatic carbocycles. The van der Waals surface area contributed by atoms with Crippen molar-refractivity contribution in [3.63, 3.8) is 0 Å². The van der Waals surface area contributed by atoms with E-state index >= 15 is 8.78 Å². The number of halogens is 3. The number of hydrogen-bond acceptors (Lipinski definition) is 7. The highest BCUT2D eigenvalue weighted by Gasteiger charge is 2.40. The first-order valence-corrected chi connectivity index (χ1v) is 18.2. The molecule has 11 nitrogen and oxygen atoms in total. The number of nitrogens with one attached hydrogen (secondary N) is 2. The quantitative estimate of drug-likeness (QED) is 0.212. The third kappa shape index (κ3) is 9.41. The Labute approximate surface area is 306 Å². The van der Waals surface area contributed by atoms with Gasteiger partial charge in [-0.15, -0.1) is 0 Å². The molecule has 282 valence electrons. The molecule has 2 saturated heterocycles. The molecule has 4 atom stereocenters. The number of aromatic nitrogens is 2. The van der Waals surface area contributed by atoms with Crippen LogP contribution in [0.2, 0.25) is 0 Å². The van der Waals surface area contributed by atoms with Crippen molar-refractivity contribution >= 4 is 23.6 Å². The summed E-state index contributed by atoms with van der Waals surface area (Å²) in [6.07, 6.45) is 4.39. The molecule has 2 fully saturated rings. The van der Waals surface area contributed by atoms with E-state index < -0.39 is 53.7 Å². The zero-order valence-corrected chi connectivity index (χ0v) is 29.7. The normalized spacial score (nSPS) is 20.2. The zero-order valence-electron chi connectivity index (χ0n) is 29.7. The number of amides is 4. The van der Waals surface area contributed by atoms with Crippen molar-refractivity contribution in [2.75, 3.05) is 39.4 Å². The smallest absolute Gasteiger partial charge is 0.318 e. The zero-order chi connectivity index (χ0) is 37.5. The van der Waals surface area contributed by atoms with Gasteiger partial charge in [-0.1, -0.05) is 30.3 Å². The van der Waals surface area contributed by atoms with Crippen molar-refractivity contribution < 1.29 is 37.1 Å². The van der Waals surface area contributed by atoms with Gasteiger partial charge in [0, 0.05) is 94.7 Å². The van der Waals surface area contributed by atoms with Gasteiger partial charge in [-0.05, 0) is 55.9 Å². The third-order valence-corrected chi connectivity index (χ3v) is 10.2. The van der Waals surface area contributed by atoms with Crippen molar-refractivity contribution in [1.82, 2.24) is 30.0 Å². The lowest BCUT2D eigenvalue weighted by molar-refractivity contribution is -0.137. The third-order valence-electron chi connectivity index (χ3n) is 10.2. The van der Waals surface area contributed by atoms with Gasteiger partial charge >= 0.3 is 6.03 Å². The van der Waals surface area contributed by atoms with E-state index in [-0.39, 0.29) is 55.4 Å². The van der Waals surface area contributed by atoms with E-state index in [2.05, 4.69) is 10.6 Å². The molecule has 0 unspecified atom stereocenters. The number of ketones is 1. The van der Waals surface area contributed by atoms with Gasteiger partial charge in [-0.25, -0.2) is 22.9 Å². The molecule has 1 aromatic heterocycles. The average Bonchev–Trinajstić information content (AvgIpc) is 3.85. The largest absolute Gasteiger partial charge is 0.381 e. The van der Waals surface area contributed by atoms with Crippen LogP contribution in [0.25, 0.3) is 11.3 Å². The lowest BCUT2D eigenvalue weighted by Crippen LogP contribution is -2.51. The number of hydrogen-bond donors (Lipinski definition) is 2. The number of Topliss-reactive ketones (excluding diaryl/α,β-unsaturated/α-hetero) is 1. The van der Waals surface area contributed by atoms with Crippen LogP contribution in [-0.2, 0) is 25.7 Å². The summed E-state index contributed by atoms with van der Waals surface area (Å²) in [5, 5.41) is 6.11. The van der Waals surface area contributed by atoms with E-state index in [0.717, 1.165) is 28.7 Å². The summed E-state index contributed by atoms with van der Waals surface area (Å²) in [6, 6.07) is 11.2. The number of carbonyl (C=O) groups is 4. The number of imide groups is 1. The summed E-state index contributed by atoms with van der Waals surface area (Å²) in [4.78, 5) is 58.5. The SMILES string of the molecule is C[C@@H](CCC(=O)CCN1C(=O)C=CC1=O)NC(=O)N(C[C@@H]1CNC[C@@H]1F)[C@@H](c1nc(-c2cc(F)ccc2F)cn1Cc1ccccc1)C1CCOCC1. The van der Waals surface area contributed by atoms with Crippen LogP contribution in [0.15, 0.2) is 66.9 Å². The summed E-state index contributed by atoms with van der Waals surface area (Å²) in [5.74, 6) is -2.54. The van der Waals surface area contributed by atoms with Gasteiger partial charge in [-0.3, -0.25) is 19.3 Å². The molecule has 4 amide bonds. The van der Waals surface area contributed by atoms with Gasteiger partial charge in [0.2, 0.25) is 0 Å².